The lowest BCUT2D eigenvalue weighted by atomic mass is 10.1. The lowest BCUT2D eigenvalue weighted by Crippen LogP contribution is -2.17. The van der Waals surface area contributed by atoms with Gasteiger partial charge in [-0.15, -0.1) is 13.2 Å². The second kappa shape index (κ2) is 6.72. The Kier molecular flexibility index (Phi) is 5.08. The lowest BCUT2D eigenvalue weighted by molar-refractivity contribution is -0.274. The van der Waals surface area contributed by atoms with Crippen LogP contribution in [0.15, 0.2) is 53.4 Å². The minimum absolute atomic E-state index is 0.177. The average molecular weight is 360 g/mol. The molecule has 0 aliphatic rings. The van der Waals surface area contributed by atoms with Gasteiger partial charge in [-0.1, -0.05) is 12.1 Å². The van der Waals surface area contributed by atoms with E-state index in [0.29, 0.717) is 11.3 Å². The van der Waals surface area contributed by atoms with Crippen LogP contribution >= 0.6 is 0 Å². The number of hydrogen-bond donors (Lipinski definition) is 0. The molecule has 0 aromatic heterocycles. The van der Waals surface area contributed by atoms with Gasteiger partial charge in [-0.05, 0) is 48.9 Å². The molecule has 8 heteroatoms. The van der Waals surface area contributed by atoms with Gasteiger partial charge < -0.3 is 9.47 Å². The minimum Gasteiger partial charge on any atom is -0.486 e. The van der Waals surface area contributed by atoms with Gasteiger partial charge in [0.25, 0.3) is 0 Å². The number of ether oxygens (including phenoxy) is 2. The fourth-order valence-corrected chi connectivity index (χ4v) is 2.61. The van der Waals surface area contributed by atoms with Crippen LogP contribution in [-0.2, 0) is 9.84 Å². The predicted octanol–water partition coefficient (Wildman–Crippen LogP) is 4.13. The summed E-state index contributed by atoms with van der Waals surface area (Å²) in [5.74, 6) is 0.140. The molecule has 0 aliphatic carbocycles. The Labute approximate surface area is 137 Å². The Morgan fingerprint density at radius 3 is 1.88 bits per heavy atom. The van der Waals surface area contributed by atoms with Gasteiger partial charge in [0.15, 0.2) is 9.84 Å². The molecule has 0 fully saturated rings. The molecule has 0 bridgehead atoms. The van der Waals surface area contributed by atoms with Crippen molar-refractivity contribution in [3.63, 3.8) is 0 Å². The summed E-state index contributed by atoms with van der Waals surface area (Å²) in [7, 11) is -3.28. The van der Waals surface area contributed by atoms with Crippen molar-refractivity contribution in [2.75, 3.05) is 6.26 Å². The standard InChI is InChI=1S/C16H15F3O4S/c1-11(12-3-5-14(6-4-12)23-16(17,18)19)22-13-7-9-15(10-8-13)24(2,20)21/h3-11H,1-2H3. The van der Waals surface area contributed by atoms with Gasteiger partial charge in [-0.3, -0.25) is 0 Å². The molecule has 2 rings (SSSR count). The Bertz CT molecular complexity index is 782. The summed E-state index contributed by atoms with van der Waals surface area (Å²) in [6.45, 7) is 1.73. The molecule has 2 aromatic carbocycles. The van der Waals surface area contributed by atoms with E-state index < -0.39 is 22.3 Å². The molecule has 0 heterocycles. The first-order chi connectivity index (χ1) is 11.0. The molecule has 2 aromatic rings. The third kappa shape index (κ3) is 5.16. The van der Waals surface area contributed by atoms with Crippen molar-refractivity contribution in [1.82, 2.24) is 0 Å². The van der Waals surface area contributed by atoms with E-state index >= 15 is 0 Å². The van der Waals surface area contributed by atoms with Crippen LogP contribution in [-0.4, -0.2) is 21.0 Å². The number of rotatable bonds is 5. The van der Waals surface area contributed by atoms with Crippen molar-refractivity contribution in [1.29, 1.82) is 0 Å². The van der Waals surface area contributed by atoms with E-state index in [4.69, 9.17) is 4.74 Å². The van der Waals surface area contributed by atoms with Crippen LogP contribution in [0.1, 0.15) is 18.6 Å². The van der Waals surface area contributed by atoms with Crippen molar-refractivity contribution in [2.24, 2.45) is 0 Å². The van der Waals surface area contributed by atoms with E-state index in [-0.39, 0.29) is 10.6 Å². The summed E-state index contributed by atoms with van der Waals surface area (Å²) in [5, 5.41) is 0. The average Bonchev–Trinajstić information content (AvgIpc) is 2.46. The summed E-state index contributed by atoms with van der Waals surface area (Å²) in [6.07, 6.45) is -4.06. The zero-order chi connectivity index (χ0) is 18.0. The Balaban J connectivity index is 2.05. The second-order valence-corrected chi connectivity index (χ2v) is 7.14. The van der Waals surface area contributed by atoms with Crippen LogP contribution in [0.3, 0.4) is 0 Å². The monoisotopic (exact) mass is 360 g/mol. The van der Waals surface area contributed by atoms with Crippen LogP contribution in [0.5, 0.6) is 11.5 Å². The molecular weight excluding hydrogens is 345 g/mol. The van der Waals surface area contributed by atoms with Gasteiger partial charge in [0.05, 0.1) is 4.90 Å². The van der Waals surface area contributed by atoms with E-state index in [1.54, 1.807) is 6.92 Å². The molecule has 0 saturated heterocycles. The predicted molar refractivity (Wildman–Crippen MR) is 81.7 cm³/mol. The molecule has 0 N–H and O–H groups in total. The number of halogens is 3. The largest absolute Gasteiger partial charge is 0.573 e. The van der Waals surface area contributed by atoms with Gasteiger partial charge in [0.2, 0.25) is 0 Å². The highest BCUT2D eigenvalue weighted by Gasteiger charge is 2.31. The number of hydrogen-bond acceptors (Lipinski definition) is 4. The van der Waals surface area contributed by atoms with Gasteiger partial charge in [-0.2, -0.15) is 0 Å². The first-order valence-corrected chi connectivity index (χ1v) is 8.76. The van der Waals surface area contributed by atoms with E-state index in [1.165, 1.54) is 48.5 Å². The van der Waals surface area contributed by atoms with Gasteiger partial charge >= 0.3 is 6.36 Å². The van der Waals surface area contributed by atoms with Crippen LogP contribution in [0, 0.1) is 0 Å². The molecular formula is C16H15F3O4S. The quantitative estimate of drug-likeness (QED) is 0.805. The van der Waals surface area contributed by atoms with E-state index in [9.17, 15) is 21.6 Å². The molecule has 4 nitrogen and oxygen atoms in total. The highest BCUT2D eigenvalue weighted by atomic mass is 32.2. The highest BCUT2D eigenvalue weighted by Crippen LogP contribution is 2.27. The molecule has 0 spiro atoms. The highest BCUT2D eigenvalue weighted by molar-refractivity contribution is 7.90. The fraction of sp³-hybridized carbons (Fsp3) is 0.250. The number of sulfone groups is 1. The van der Waals surface area contributed by atoms with Gasteiger partial charge in [-0.25, -0.2) is 8.42 Å². The molecule has 24 heavy (non-hydrogen) atoms. The zero-order valence-electron chi connectivity index (χ0n) is 12.9. The molecule has 1 atom stereocenters. The van der Waals surface area contributed by atoms with Crippen molar-refractivity contribution in [3.8, 4) is 11.5 Å². The van der Waals surface area contributed by atoms with Crippen molar-refractivity contribution in [2.45, 2.75) is 24.3 Å². The fourth-order valence-electron chi connectivity index (χ4n) is 1.98. The Hall–Kier alpha value is -2.22. The summed E-state index contributed by atoms with van der Waals surface area (Å²) in [5.41, 5.74) is 0.650. The molecule has 1 unspecified atom stereocenters. The summed E-state index contributed by atoms with van der Waals surface area (Å²) in [6, 6.07) is 11.2. The third-order valence-electron chi connectivity index (χ3n) is 3.15. The minimum atomic E-state index is -4.73. The van der Waals surface area contributed by atoms with Gasteiger partial charge in [0.1, 0.15) is 17.6 Å². The maximum Gasteiger partial charge on any atom is 0.573 e. The van der Waals surface area contributed by atoms with Crippen LogP contribution in [0.2, 0.25) is 0 Å². The summed E-state index contributed by atoms with van der Waals surface area (Å²) >= 11 is 0. The smallest absolute Gasteiger partial charge is 0.486 e. The van der Waals surface area contributed by atoms with Crippen LogP contribution < -0.4 is 9.47 Å². The van der Waals surface area contributed by atoms with Crippen molar-refractivity contribution < 1.29 is 31.1 Å². The molecule has 0 saturated carbocycles. The summed E-state index contributed by atoms with van der Waals surface area (Å²) < 4.78 is 68.6. The van der Waals surface area contributed by atoms with Crippen molar-refractivity contribution in [3.05, 3.63) is 54.1 Å². The van der Waals surface area contributed by atoms with E-state index in [0.717, 1.165) is 6.26 Å². The normalized spacial score (nSPS) is 13.4. The molecule has 0 aliphatic heterocycles. The lowest BCUT2D eigenvalue weighted by Gasteiger charge is -2.16. The third-order valence-corrected chi connectivity index (χ3v) is 4.28. The Morgan fingerprint density at radius 2 is 1.42 bits per heavy atom. The van der Waals surface area contributed by atoms with Crippen molar-refractivity contribution >= 4 is 9.84 Å². The molecule has 0 amide bonds. The van der Waals surface area contributed by atoms with Crippen LogP contribution in [0.25, 0.3) is 0 Å². The zero-order valence-corrected chi connectivity index (χ0v) is 13.7. The molecule has 0 radical (unpaired) electrons. The maximum atomic E-state index is 12.1. The topological polar surface area (TPSA) is 52.6 Å². The Morgan fingerprint density at radius 1 is 0.917 bits per heavy atom. The number of benzene rings is 2. The van der Waals surface area contributed by atoms with Crippen LogP contribution in [0.4, 0.5) is 13.2 Å². The summed E-state index contributed by atoms with van der Waals surface area (Å²) in [4.78, 5) is 0.177. The molecule has 130 valence electrons. The van der Waals surface area contributed by atoms with E-state index in [2.05, 4.69) is 4.74 Å². The number of alkyl halides is 3. The van der Waals surface area contributed by atoms with Gasteiger partial charge in [0, 0.05) is 6.26 Å². The SMILES string of the molecule is CC(Oc1ccc(S(C)(=O)=O)cc1)c1ccc(OC(F)(F)F)cc1. The first-order valence-electron chi connectivity index (χ1n) is 6.87. The maximum absolute atomic E-state index is 12.1. The van der Waals surface area contributed by atoms with E-state index in [1.807, 2.05) is 0 Å². The second-order valence-electron chi connectivity index (χ2n) is 5.12. The first kappa shape index (κ1) is 18.1.